The summed E-state index contributed by atoms with van der Waals surface area (Å²) in [5.74, 6) is 0. The Bertz CT molecular complexity index is 388. The maximum Gasteiger partial charge on any atom is 0.418 e. The molecule has 1 aromatic rings. The number of rotatable bonds is 2. The summed E-state index contributed by atoms with van der Waals surface area (Å²) in [4.78, 5) is 3.47. The molecule has 0 amide bonds. The minimum atomic E-state index is -4.42. The van der Waals surface area contributed by atoms with Crippen molar-refractivity contribution in [2.75, 3.05) is 13.1 Å². The molecule has 1 aliphatic rings. The van der Waals surface area contributed by atoms with E-state index in [1.165, 1.54) is 12.3 Å². The third-order valence-electron chi connectivity index (χ3n) is 2.64. The molecule has 1 aliphatic heterocycles. The van der Waals surface area contributed by atoms with Gasteiger partial charge in [0.25, 0.3) is 0 Å². The second-order valence-corrected chi connectivity index (χ2v) is 4.04. The predicted molar refractivity (Wildman–Crippen MR) is 50.8 cm³/mol. The van der Waals surface area contributed by atoms with Gasteiger partial charge in [0.2, 0.25) is 0 Å². The molecule has 2 N–H and O–H groups in total. The van der Waals surface area contributed by atoms with Gasteiger partial charge in [-0.15, -0.1) is 0 Å². The van der Waals surface area contributed by atoms with Crippen LogP contribution < -0.4 is 5.32 Å². The van der Waals surface area contributed by atoms with Crippen LogP contribution in [0.1, 0.15) is 11.1 Å². The first-order valence-corrected chi connectivity index (χ1v) is 4.84. The van der Waals surface area contributed by atoms with Crippen LogP contribution in [0.5, 0.6) is 0 Å². The van der Waals surface area contributed by atoms with Crippen LogP contribution in [0, 0.1) is 0 Å². The molecule has 0 atom stereocenters. The summed E-state index contributed by atoms with van der Waals surface area (Å²) >= 11 is 0. The molecule has 6 heteroatoms. The van der Waals surface area contributed by atoms with Gasteiger partial charge in [0, 0.05) is 31.9 Å². The lowest BCUT2D eigenvalue weighted by Crippen LogP contribution is -2.60. The second-order valence-electron chi connectivity index (χ2n) is 4.04. The molecule has 1 fully saturated rings. The molecule has 1 aromatic heterocycles. The Labute approximate surface area is 90.3 Å². The number of halogens is 3. The zero-order valence-corrected chi connectivity index (χ0v) is 8.38. The SMILES string of the molecule is OC1(Cc2ccncc2C(F)(F)F)CNC1. The maximum atomic E-state index is 12.6. The summed E-state index contributed by atoms with van der Waals surface area (Å²) in [6.07, 6.45) is -2.32. The number of hydrogen-bond donors (Lipinski definition) is 2. The molecule has 0 bridgehead atoms. The van der Waals surface area contributed by atoms with Crippen LogP contribution in [0.2, 0.25) is 0 Å². The van der Waals surface area contributed by atoms with Crippen molar-refractivity contribution in [1.82, 2.24) is 10.3 Å². The van der Waals surface area contributed by atoms with Crippen LogP contribution in [-0.4, -0.2) is 28.8 Å². The first-order valence-electron chi connectivity index (χ1n) is 4.84. The topological polar surface area (TPSA) is 45.2 Å². The number of alkyl halides is 3. The molecule has 0 unspecified atom stereocenters. The largest absolute Gasteiger partial charge is 0.418 e. The number of nitrogens with zero attached hydrogens (tertiary/aromatic N) is 1. The van der Waals surface area contributed by atoms with Crippen LogP contribution in [-0.2, 0) is 12.6 Å². The van der Waals surface area contributed by atoms with Crippen LogP contribution >= 0.6 is 0 Å². The van der Waals surface area contributed by atoms with Gasteiger partial charge in [-0.1, -0.05) is 0 Å². The van der Waals surface area contributed by atoms with Crippen LogP contribution in [0.25, 0.3) is 0 Å². The van der Waals surface area contributed by atoms with E-state index in [1.54, 1.807) is 0 Å². The Morgan fingerprint density at radius 2 is 2.12 bits per heavy atom. The number of pyridine rings is 1. The minimum absolute atomic E-state index is 0.00262. The van der Waals surface area contributed by atoms with E-state index in [-0.39, 0.29) is 12.0 Å². The number of aliphatic hydroxyl groups is 1. The van der Waals surface area contributed by atoms with Gasteiger partial charge in [-0.3, -0.25) is 4.98 Å². The van der Waals surface area contributed by atoms with E-state index in [0.29, 0.717) is 13.1 Å². The highest BCUT2D eigenvalue weighted by Crippen LogP contribution is 2.33. The smallest absolute Gasteiger partial charge is 0.387 e. The van der Waals surface area contributed by atoms with Gasteiger partial charge in [-0.25, -0.2) is 0 Å². The molecule has 1 saturated heterocycles. The molecular weight excluding hydrogens is 221 g/mol. The summed E-state index contributed by atoms with van der Waals surface area (Å²) in [6, 6.07) is 1.30. The quantitative estimate of drug-likeness (QED) is 0.798. The average molecular weight is 232 g/mol. The van der Waals surface area contributed by atoms with Crippen LogP contribution in [0.3, 0.4) is 0 Å². The maximum absolute atomic E-state index is 12.6. The second kappa shape index (κ2) is 3.71. The molecule has 16 heavy (non-hydrogen) atoms. The summed E-state index contributed by atoms with van der Waals surface area (Å²) in [7, 11) is 0. The third-order valence-corrected chi connectivity index (χ3v) is 2.64. The Kier molecular flexibility index (Phi) is 2.63. The summed E-state index contributed by atoms with van der Waals surface area (Å²) in [5, 5.41) is 12.6. The highest BCUT2D eigenvalue weighted by Gasteiger charge is 2.39. The van der Waals surface area contributed by atoms with Gasteiger partial charge in [0.1, 0.15) is 0 Å². The fourth-order valence-electron chi connectivity index (χ4n) is 1.73. The summed E-state index contributed by atoms with van der Waals surface area (Å²) < 4.78 is 37.8. The molecule has 0 radical (unpaired) electrons. The molecule has 0 spiro atoms. The lowest BCUT2D eigenvalue weighted by Gasteiger charge is -2.38. The molecule has 2 rings (SSSR count). The van der Waals surface area contributed by atoms with E-state index in [0.717, 1.165) is 6.20 Å². The molecule has 88 valence electrons. The van der Waals surface area contributed by atoms with Gasteiger partial charge >= 0.3 is 6.18 Å². The summed E-state index contributed by atoms with van der Waals surface area (Å²) in [5.41, 5.74) is -1.73. The molecular formula is C10H11F3N2O. The van der Waals surface area contributed by atoms with E-state index >= 15 is 0 Å². The van der Waals surface area contributed by atoms with Gasteiger partial charge in [0.15, 0.2) is 0 Å². The van der Waals surface area contributed by atoms with Crippen molar-refractivity contribution in [3.05, 3.63) is 29.6 Å². The summed E-state index contributed by atoms with van der Waals surface area (Å²) in [6.45, 7) is 0.652. The van der Waals surface area contributed by atoms with Crippen molar-refractivity contribution in [2.24, 2.45) is 0 Å². The fourth-order valence-corrected chi connectivity index (χ4v) is 1.73. The first-order chi connectivity index (χ1) is 7.41. The van der Waals surface area contributed by atoms with Crippen molar-refractivity contribution >= 4 is 0 Å². The monoisotopic (exact) mass is 232 g/mol. The minimum Gasteiger partial charge on any atom is -0.387 e. The van der Waals surface area contributed by atoms with Crippen molar-refractivity contribution in [3.8, 4) is 0 Å². The van der Waals surface area contributed by atoms with Crippen LogP contribution in [0.15, 0.2) is 18.5 Å². The van der Waals surface area contributed by atoms with Crippen molar-refractivity contribution < 1.29 is 18.3 Å². The normalized spacial score (nSPS) is 19.2. The average Bonchev–Trinajstić information content (AvgIpc) is 2.14. The van der Waals surface area contributed by atoms with E-state index in [9.17, 15) is 18.3 Å². The molecule has 0 aromatic carbocycles. The van der Waals surface area contributed by atoms with E-state index in [4.69, 9.17) is 0 Å². The van der Waals surface area contributed by atoms with Gasteiger partial charge < -0.3 is 10.4 Å². The zero-order valence-electron chi connectivity index (χ0n) is 8.38. The Morgan fingerprint density at radius 3 is 2.62 bits per heavy atom. The Balaban J connectivity index is 2.26. The first kappa shape index (κ1) is 11.3. The number of aromatic nitrogens is 1. The lowest BCUT2D eigenvalue weighted by molar-refractivity contribution is -0.139. The lowest BCUT2D eigenvalue weighted by atomic mass is 9.88. The van der Waals surface area contributed by atoms with Crippen molar-refractivity contribution in [1.29, 1.82) is 0 Å². The van der Waals surface area contributed by atoms with Gasteiger partial charge in [0.05, 0.1) is 11.2 Å². The molecule has 3 nitrogen and oxygen atoms in total. The molecule has 2 heterocycles. The highest BCUT2D eigenvalue weighted by atomic mass is 19.4. The van der Waals surface area contributed by atoms with E-state index < -0.39 is 17.3 Å². The van der Waals surface area contributed by atoms with E-state index in [1.807, 2.05) is 0 Å². The predicted octanol–water partition coefficient (Wildman–Crippen LogP) is 0.977. The molecule has 0 aliphatic carbocycles. The third kappa shape index (κ3) is 2.17. The standard InChI is InChI=1S/C10H11F3N2O/c11-10(12,13)8-4-14-2-1-7(8)3-9(16)5-15-6-9/h1-2,4,15-16H,3,5-6H2. The van der Waals surface area contributed by atoms with Crippen LogP contribution in [0.4, 0.5) is 13.2 Å². The van der Waals surface area contributed by atoms with E-state index in [2.05, 4.69) is 10.3 Å². The number of nitrogens with one attached hydrogen (secondary N) is 1. The number of β-amino-alcohol motifs (C(OH)–C–C–N with tert-alkyl or cyclic N) is 1. The Morgan fingerprint density at radius 1 is 1.44 bits per heavy atom. The zero-order chi connectivity index (χ0) is 11.8. The fraction of sp³-hybridized carbons (Fsp3) is 0.500. The van der Waals surface area contributed by atoms with Crippen molar-refractivity contribution in [2.45, 2.75) is 18.2 Å². The highest BCUT2D eigenvalue weighted by molar-refractivity contribution is 5.28. The Hall–Kier alpha value is -1.14. The van der Waals surface area contributed by atoms with Gasteiger partial charge in [-0.2, -0.15) is 13.2 Å². The van der Waals surface area contributed by atoms with Gasteiger partial charge in [-0.05, 0) is 11.6 Å². The van der Waals surface area contributed by atoms with Crippen molar-refractivity contribution in [3.63, 3.8) is 0 Å². The number of hydrogen-bond acceptors (Lipinski definition) is 3. The molecule has 0 saturated carbocycles.